The van der Waals surface area contributed by atoms with Gasteiger partial charge in [0.05, 0.1) is 17.6 Å². The first kappa shape index (κ1) is 18.6. The first-order valence-electron chi connectivity index (χ1n) is 10.8. The van der Waals surface area contributed by atoms with Gasteiger partial charge in [-0.2, -0.15) is 0 Å². The topological polar surface area (TPSA) is 58.6 Å². The minimum atomic E-state index is -0.287. The molecule has 4 fully saturated rings. The molecule has 6 rings (SSSR count). The van der Waals surface area contributed by atoms with Crippen molar-refractivity contribution < 1.29 is 14.3 Å². The summed E-state index contributed by atoms with van der Waals surface area (Å²) in [5, 5.41) is 3.96. The van der Waals surface area contributed by atoms with E-state index in [2.05, 4.69) is 17.3 Å². The molecule has 0 unspecified atom stereocenters. The lowest BCUT2D eigenvalue weighted by atomic mass is 9.49. The molecule has 1 N–H and O–H groups in total. The van der Waals surface area contributed by atoms with Crippen LogP contribution in [0.5, 0.6) is 0 Å². The molecule has 4 saturated carbocycles. The van der Waals surface area contributed by atoms with Crippen molar-refractivity contribution in [3.8, 4) is 0 Å². The Labute approximate surface area is 170 Å². The zero-order chi connectivity index (χ0) is 19.5. The Kier molecular flexibility index (Phi) is 4.55. The van der Waals surface area contributed by atoms with Crippen LogP contribution >= 0.6 is 11.3 Å². The van der Waals surface area contributed by atoms with E-state index in [1.54, 1.807) is 11.3 Å². The predicted octanol–water partition coefficient (Wildman–Crippen LogP) is 4.07. The molecule has 1 amide bonds. The van der Waals surface area contributed by atoms with Gasteiger partial charge in [-0.1, -0.05) is 0 Å². The Hall–Kier alpha value is -1.40. The fourth-order valence-corrected chi connectivity index (χ4v) is 7.97. The van der Waals surface area contributed by atoms with E-state index < -0.39 is 0 Å². The number of carbonyl (C=O) groups excluding carboxylic acids is 2. The van der Waals surface area contributed by atoms with Gasteiger partial charge in [0.1, 0.15) is 5.00 Å². The second-order valence-corrected chi connectivity index (χ2v) is 10.7. The summed E-state index contributed by atoms with van der Waals surface area (Å²) in [7, 11) is 2.10. The number of nitrogens with zero attached hydrogens (tertiary/aromatic N) is 1. The highest BCUT2D eigenvalue weighted by Gasteiger charge is 2.54. The molecule has 1 aliphatic heterocycles. The second kappa shape index (κ2) is 6.84. The molecule has 1 aromatic heterocycles. The molecule has 4 aliphatic carbocycles. The Bertz CT molecular complexity index is 780. The maximum atomic E-state index is 13.5. The van der Waals surface area contributed by atoms with Crippen LogP contribution in [0.1, 0.15) is 66.2 Å². The van der Waals surface area contributed by atoms with Crippen LogP contribution in [0, 0.1) is 23.2 Å². The number of fused-ring (bicyclic) bond motifs is 1. The van der Waals surface area contributed by atoms with Crippen molar-refractivity contribution in [3.05, 3.63) is 16.0 Å². The Morgan fingerprint density at radius 1 is 1.18 bits per heavy atom. The minimum absolute atomic E-state index is 0.157. The summed E-state index contributed by atoms with van der Waals surface area (Å²) >= 11 is 1.58. The van der Waals surface area contributed by atoms with Gasteiger partial charge in [-0.05, 0) is 82.2 Å². The number of likely N-dealkylation sites (N-methyl/N-ethyl adjacent to an activating group) is 1. The maximum Gasteiger partial charge on any atom is 0.341 e. The molecule has 28 heavy (non-hydrogen) atoms. The number of rotatable bonds is 4. The number of hydrogen-bond acceptors (Lipinski definition) is 5. The number of carbonyl (C=O) groups is 2. The summed E-state index contributed by atoms with van der Waals surface area (Å²) < 4.78 is 5.35. The Morgan fingerprint density at radius 2 is 1.82 bits per heavy atom. The van der Waals surface area contributed by atoms with E-state index in [4.69, 9.17) is 4.74 Å². The fourth-order valence-electron chi connectivity index (χ4n) is 6.66. The van der Waals surface area contributed by atoms with Gasteiger partial charge in [0.25, 0.3) is 0 Å². The standard InChI is InChI=1S/C22H30N2O3S/c1-3-27-20(25)18-16-4-5-24(2)12-17(16)28-19(18)23-21(26)22-9-13-6-14(10-22)8-15(7-13)11-22/h13-15H,3-12H2,1-2H3,(H,23,26). The molecule has 5 nitrogen and oxygen atoms in total. The van der Waals surface area contributed by atoms with Gasteiger partial charge in [0.15, 0.2) is 0 Å². The summed E-state index contributed by atoms with van der Waals surface area (Å²) in [5.41, 5.74) is 1.50. The second-order valence-electron chi connectivity index (χ2n) is 9.57. The maximum absolute atomic E-state index is 13.5. The van der Waals surface area contributed by atoms with E-state index >= 15 is 0 Å². The minimum Gasteiger partial charge on any atom is -0.462 e. The SMILES string of the molecule is CCOC(=O)c1c(NC(=O)C23CC4CC(CC(C4)C2)C3)sc2c1CCN(C)C2. The number of anilines is 1. The van der Waals surface area contributed by atoms with Crippen LogP contribution in [0.25, 0.3) is 0 Å². The molecule has 0 saturated heterocycles. The summed E-state index contributed by atoms with van der Waals surface area (Å²) in [6, 6.07) is 0. The van der Waals surface area contributed by atoms with Crippen molar-refractivity contribution in [1.29, 1.82) is 0 Å². The van der Waals surface area contributed by atoms with Crippen molar-refractivity contribution in [2.75, 3.05) is 25.5 Å². The molecule has 2 heterocycles. The number of hydrogen-bond donors (Lipinski definition) is 1. The van der Waals surface area contributed by atoms with Crippen LogP contribution in [-0.2, 0) is 22.5 Å². The van der Waals surface area contributed by atoms with E-state index in [-0.39, 0.29) is 17.3 Å². The van der Waals surface area contributed by atoms with Crippen molar-refractivity contribution >= 4 is 28.2 Å². The van der Waals surface area contributed by atoms with E-state index in [1.807, 2.05) is 6.92 Å². The fraction of sp³-hybridized carbons (Fsp3) is 0.727. The lowest BCUT2D eigenvalue weighted by Gasteiger charge is -2.55. The van der Waals surface area contributed by atoms with Crippen molar-refractivity contribution in [1.82, 2.24) is 4.90 Å². The number of ether oxygens (including phenoxy) is 1. The van der Waals surface area contributed by atoms with Crippen LogP contribution in [0.3, 0.4) is 0 Å². The highest BCUT2D eigenvalue weighted by Crippen LogP contribution is 2.60. The van der Waals surface area contributed by atoms with Gasteiger partial charge in [-0.15, -0.1) is 11.3 Å². The highest BCUT2D eigenvalue weighted by molar-refractivity contribution is 7.17. The van der Waals surface area contributed by atoms with Gasteiger partial charge in [0, 0.05) is 18.0 Å². The first-order chi connectivity index (χ1) is 13.5. The summed E-state index contributed by atoms with van der Waals surface area (Å²) in [6.07, 6.45) is 7.90. The molecule has 0 radical (unpaired) electrons. The average Bonchev–Trinajstić information content (AvgIpc) is 2.97. The molecular weight excluding hydrogens is 372 g/mol. The van der Waals surface area contributed by atoms with Gasteiger partial charge >= 0.3 is 5.97 Å². The molecule has 1 aromatic rings. The molecule has 5 aliphatic rings. The van der Waals surface area contributed by atoms with Crippen LogP contribution in [0.4, 0.5) is 5.00 Å². The zero-order valence-corrected chi connectivity index (χ0v) is 17.7. The monoisotopic (exact) mass is 402 g/mol. The van der Waals surface area contributed by atoms with E-state index in [1.165, 1.54) is 24.1 Å². The highest BCUT2D eigenvalue weighted by atomic mass is 32.1. The van der Waals surface area contributed by atoms with Gasteiger partial charge in [-0.3, -0.25) is 4.79 Å². The van der Waals surface area contributed by atoms with E-state index in [9.17, 15) is 9.59 Å². The van der Waals surface area contributed by atoms with Crippen LogP contribution in [0.2, 0.25) is 0 Å². The van der Waals surface area contributed by atoms with E-state index in [0.717, 1.165) is 67.1 Å². The van der Waals surface area contributed by atoms with Gasteiger partial charge in [-0.25, -0.2) is 4.79 Å². The first-order valence-corrected chi connectivity index (χ1v) is 11.6. The summed E-state index contributed by atoms with van der Waals surface area (Å²) in [6.45, 7) is 3.95. The number of nitrogens with one attached hydrogen (secondary N) is 1. The molecular formula is C22H30N2O3S. The zero-order valence-electron chi connectivity index (χ0n) is 16.9. The normalized spacial score (nSPS) is 33.6. The molecule has 0 aromatic carbocycles. The quantitative estimate of drug-likeness (QED) is 0.772. The molecule has 4 bridgehead atoms. The van der Waals surface area contributed by atoms with Crippen molar-refractivity contribution in [2.24, 2.45) is 23.2 Å². The molecule has 152 valence electrons. The predicted molar refractivity (Wildman–Crippen MR) is 110 cm³/mol. The lowest BCUT2D eigenvalue weighted by molar-refractivity contribution is -0.140. The Balaban J connectivity index is 1.45. The van der Waals surface area contributed by atoms with Gasteiger partial charge < -0.3 is 15.0 Å². The van der Waals surface area contributed by atoms with Crippen LogP contribution in [-0.4, -0.2) is 37.0 Å². The largest absolute Gasteiger partial charge is 0.462 e. The summed E-state index contributed by atoms with van der Waals surface area (Å²) in [5.74, 6) is 2.06. The smallest absolute Gasteiger partial charge is 0.341 e. The average molecular weight is 403 g/mol. The van der Waals surface area contributed by atoms with Crippen LogP contribution < -0.4 is 5.32 Å². The van der Waals surface area contributed by atoms with Gasteiger partial charge in [0.2, 0.25) is 5.91 Å². The number of amides is 1. The van der Waals surface area contributed by atoms with Crippen molar-refractivity contribution in [3.63, 3.8) is 0 Å². The lowest BCUT2D eigenvalue weighted by Crippen LogP contribution is -2.51. The summed E-state index contributed by atoms with van der Waals surface area (Å²) in [4.78, 5) is 29.7. The molecule has 0 atom stereocenters. The van der Waals surface area contributed by atoms with E-state index in [0.29, 0.717) is 12.2 Å². The molecule has 6 heteroatoms. The Morgan fingerprint density at radius 3 is 2.43 bits per heavy atom. The van der Waals surface area contributed by atoms with Crippen LogP contribution in [0.15, 0.2) is 0 Å². The van der Waals surface area contributed by atoms with Crippen molar-refractivity contribution in [2.45, 2.75) is 58.4 Å². The third kappa shape index (κ3) is 3.00. The molecule has 0 spiro atoms. The number of esters is 1. The third-order valence-electron chi connectivity index (χ3n) is 7.47. The third-order valence-corrected chi connectivity index (χ3v) is 8.61. The number of thiophene rings is 1.